The summed E-state index contributed by atoms with van der Waals surface area (Å²) in [7, 11) is 0. The van der Waals surface area contributed by atoms with Gasteiger partial charge in [-0.2, -0.15) is 0 Å². The average molecular weight is 254 g/mol. The molecule has 0 aliphatic carbocycles. The van der Waals surface area contributed by atoms with Gasteiger partial charge in [0.25, 0.3) is 0 Å². The van der Waals surface area contributed by atoms with Crippen molar-refractivity contribution < 1.29 is 5.11 Å². The van der Waals surface area contributed by atoms with Gasteiger partial charge in [-0.15, -0.1) is 11.8 Å². The van der Waals surface area contributed by atoms with Crippen LogP contribution in [0.25, 0.3) is 0 Å². The first-order valence-corrected chi connectivity index (χ1v) is 7.05. The Morgan fingerprint density at radius 1 is 1.53 bits per heavy atom. The number of hydrogen-bond donors (Lipinski definition) is 2. The van der Waals surface area contributed by atoms with Gasteiger partial charge in [0.1, 0.15) is 0 Å². The van der Waals surface area contributed by atoms with Gasteiger partial charge in [0.2, 0.25) is 0 Å². The van der Waals surface area contributed by atoms with Crippen LogP contribution in [0, 0.1) is 12.8 Å². The molecule has 17 heavy (non-hydrogen) atoms. The highest BCUT2D eigenvalue weighted by molar-refractivity contribution is 7.99. The van der Waals surface area contributed by atoms with Gasteiger partial charge in [-0.25, -0.2) is 4.98 Å². The molecular formula is C13H22N2OS. The monoisotopic (exact) mass is 254 g/mol. The summed E-state index contributed by atoms with van der Waals surface area (Å²) < 4.78 is 0. The quantitative estimate of drug-likeness (QED) is 0.732. The lowest BCUT2D eigenvalue weighted by atomic mass is 10.2. The predicted molar refractivity (Wildman–Crippen MR) is 73.3 cm³/mol. The third-order valence-electron chi connectivity index (χ3n) is 2.48. The van der Waals surface area contributed by atoms with Gasteiger partial charge in [0.05, 0.1) is 5.03 Å². The summed E-state index contributed by atoms with van der Waals surface area (Å²) in [5.41, 5.74) is 2.44. The van der Waals surface area contributed by atoms with Crippen LogP contribution >= 0.6 is 11.8 Å². The van der Waals surface area contributed by atoms with Crippen molar-refractivity contribution in [1.82, 2.24) is 10.3 Å². The van der Waals surface area contributed by atoms with E-state index in [2.05, 4.69) is 30.2 Å². The summed E-state index contributed by atoms with van der Waals surface area (Å²) in [5, 5.41) is 13.3. The fourth-order valence-corrected chi connectivity index (χ4v) is 2.37. The number of pyridine rings is 1. The normalized spacial score (nSPS) is 12.7. The Balaban J connectivity index is 2.56. The number of nitrogens with zero attached hydrogens (tertiary/aromatic N) is 1. The van der Waals surface area contributed by atoms with Crippen molar-refractivity contribution in [3.05, 3.63) is 23.4 Å². The molecule has 3 nitrogen and oxygen atoms in total. The maximum atomic E-state index is 8.98. The second-order valence-electron chi connectivity index (χ2n) is 4.34. The van der Waals surface area contributed by atoms with Crippen molar-refractivity contribution in [3.8, 4) is 0 Å². The van der Waals surface area contributed by atoms with Gasteiger partial charge >= 0.3 is 0 Å². The Labute approximate surface area is 108 Å². The maximum Gasteiger partial charge on any atom is 0.0989 e. The molecule has 1 atom stereocenters. The van der Waals surface area contributed by atoms with Crippen molar-refractivity contribution in [2.24, 2.45) is 5.92 Å². The largest absolute Gasteiger partial charge is 0.396 e. The van der Waals surface area contributed by atoms with E-state index < -0.39 is 0 Å². The molecule has 0 radical (unpaired) electrons. The highest BCUT2D eigenvalue weighted by Gasteiger charge is 2.06. The molecule has 0 aliphatic rings. The number of thioether (sulfide) groups is 1. The van der Waals surface area contributed by atoms with E-state index in [0.717, 1.165) is 23.9 Å². The Bertz CT molecular complexity index is 344. The highest BCUT2D eigenvalue weighted by atomic mass is 32.2. The molecule has 1 heterocycles. The van der Waals surface area contributed by atoms with E-state index in [-0.39, 0.29) is 6.61 Å². The molecule has 0 aromatic carbocycles. The molecule has 0 saturated carbocycles. The maximum absolute atomic E-state index is 8.98. The Morgan fingerprint density at radius 2 is 2.29 bits per heavy atom. The van der Waals surface area contributed by atoms with Crippen LogP contribution in [0.3, 0.4) is 0 Å². The number of aromatic nitrogens is 1. The SMILES string of the molecule is CCNCc1cnc(SCC(C)CO)c(C)c1. The van der Waals surface area contributed by atoms with Gasteiger partial charge in [-0.05, 0) is 30.5 Å². The smallest absolute Gasteiger partial charge is 0.0989 e. The van der Waals surface area contributed by atoms with Crippen LogP contribution in [-0.4, -0.2) is 29.0 Å². The minimum Gasteiger partial charge on any atom is -0.396 e. The van der Waals surface area contributed by atoms with Crippen molar-refractivity contribution in [3.63, 3.8) is 0 Å². The van der Waals surface area contributed by atoms with Crippen molar-refractivity contribution >= 4 is 11.8 Å². The van der Waals surface area contributed by atoms with E-state index in [4.69, 9.17) is 5.11 Å². The minimum atomic E-state index is 0.241. The van der Waals surface area contributed by atoms with E-state index in [1.807, 2.05) is 13.1 Å². The zero-order chi connectivity index (χ0) is 12.7. The van der Waals surface area contributed by atoms with Crippen molar-refractivity contribution in [2.45, 2.75) is 32.3 Å². The standard InChI is InChI=1S/C13H22N2OS/c1-4-14-6-12-5-11(3)13(15-7-12)17-9-10(2)8-16/h5,7,10,14,16H,4,6,8-9H2,1-3H3. The van der Waals surface area contributed by atoms with Crippen LogP contribution in [0.2, 0.25) is 0 Å². The topological polar surface area (TPSA) is 45.2 Å². The summed E-state index contributed by atoms with van der Waals surface area (Å²) in [6.07, 6.45) is 1.93. The van der Waals surface area contributed by atoms with Crippen LogP contribution in [0.4, 0.5) is 0 Å². The van der Waals surface area contributed by atoms with E-state index in [1.165, 1.54) is 11.1 Å². The van der Waals surface area contributed by atoms with Crippen LogP contribution in [0.1, 0.15) is 25.0 Å². The molecule has 1 aromatic rings. The second-order valence-corrected chi connectivity index (χ2v) is 5.35. The van der Waals surface area contributed by atoms with E-state index in [0.29, 0.717) is 5.92 Å². The Kier molecular flexibility index (Phi) is 6.55. The number of aryl methyl sites for hydroxylation is 1. The first kappa shape index (κ1) is 14.5. The predicted octanol–water partition coefficient (Wildman–Crippen LogP) is 2.22. The highest BCUT2D eigenvalue weighted by Crippen LogP contribution is 2.22. The summed E-state index contributed by atoms with van der Waals surface area (Å²) in [4.78, 5) is 4.48. The minimum absolute atomic E-state index is 0.241. The molecule has 0 amide bonds. The van der Waals surface area contributed by atoms with Crippen molar-refractivity contribution in [2.75, 3.05) is 18.9 Å². The molecule has 0 aliphatic heterocycles. The number of hydrogen-bond acceptors (Lipinski definition) is 4. The van der Waals surface area contributed by atoms with Gasteiger partial charge in [0, 0.05) is 25.1 Å². The number of nitrogens with one attached hydrogen (secondary N) is 1. The van der Waals surface area contributed by atoms with Crippen LogP contribution in [0.5, 0.6) is 0 Å². The number of aliphatic hydroxyl groups excluding tert-OH is 1. The fraction of sp³-hybridized carbons (Fsp3) is 0.615. The molecule has 0 spiro atoms. The van der Waals surface area contributed by atoms with E-state index >= 15 is 0 Å². The lowest BCUT2D eigenvalue weighted by Gasteiger charge is -2.10. The molecule has 1 aromatic heterocycles. The lowest BCUT2D eigenvalue weighted by molar-refractivity contribution is 0.250. The molecule has 96 valence electrons. The number of aliphatic hydroxyl groups is 1. The second kappa shape index (κ2) is 7.69. The Morgan fingerprint density at radius 3 is 2.88 bits per heavy atom. The lowest BCUT2D eigenvalue weighted by Crippen LogP contribution is -2.12. The molecule has 2 N–H and O–H groups in total. The molecule has 0 saturated heterocycles. The van der Waals surface area contributed by atoms with Crippen LogP contribution in [0.15, 0.2) is 17.3 Å². The molecule has 1 unspecified atom stereocenters. The van der Waals surface area contributed by atoms with Crippen LogP contribution < -0.4 is 5.32 Å². The van der Waals surface area contributed by atoms with Gasteiger partial charge in [0.15, 0.2) is 0 Å². The zero-order valence-corrected chi connectivity index (χ0v) is 11.7. The van der Waals surface area contributed by atoms with Gasteiger partial charge in [-0.3, -0.25) is 0 Å². The Hall–Kier alpha value is -0.580. The van der Waals surface area contributed by atoms with Crippen molar-refractivity contribution in [1.29, 1.82) is 0 Å². The summed E-state index contributed by atoms with van der Waals surface area (Å²) >= 11 is 1.72. The molecule has 4 heteroatoms. The molecule has 0 fully saturated rings. The summed E-state index contributed by atoms with van der Waals surface area (Å²) in [6, 6.07) is 2.18. The van der Waals surface area contributed by atoms with E-state index in [9.17, 15) is 0 Å². The first-order valence-electron chi connectivity index (χ1n) is 6.07. The molecule has 1 rings (SSSR count). The van der Waals surface area contributed by atoms with Crippen LogP contribution in [-0.2, 0) is 6.54 Å². The van der Waals surface area contributed by atoms with E-state index in [1.54, 1.807) is 11.8 Å². The molecule has 0 bridgehead atoms. The third kappa shape index (κ3) is 5.06. The number of rotatable bonds is 7. The van der Waals surface area contributed by atoms with Gasteiger partial charge < -0.3 is 10.4 Å². The fourth-order valence-electron chi connectivity index (χ4n) is 1.41. The summed E-state index contributed by atoms with van der Waals surface area (Å²) in [5.74, 6) is 1.24. The average Bonchev–Trinajstić information content (AvgIpc) is 2.34. The van der Waals surface area contributed by atoms with Gasteiger partial charge in [-0.1, -0.05) is 19.9 Å². The first-order chi connectivity index (χ1) is 8.17. The molecular weight excluding hydrogens is 232 g/mol. The summed E-state index contributed by atoms with van der Waals surface area (Å²) in [6.45, 7) is 8.33. The zero-order valence-electron chi connectivity index (χ0n) is 10.9. The third-order valence-corrected chi connectivity index (χ3v) is 3.92.